The van der Waals surface area contributed by atoms with Crippen molar-refractivity contribution < 1.29 is 4.39 Å². The van der Waals surface area contributed by atoms with Crippen LogP contribution >= 0.6 is 34.2 Å². The fraction of sp³-hybridized carbons (Fsp3) is 0.500. The number of rotatable bonds is 4. The number of hydrogen-bond donors (Lipinski definition) is 0. The van der Waals surface area contributed by atoms with E-state index in [0.717, 1.165) is 23.3 Å². The fourth-order valence-corrected chi connectivity index (χ4v) is 2.83. The van der Waals surface area contributed by atoms with Crippen LogP contribution in [-0.2, 0) is 12.0 Å². The van der Waals surface area contributed by atoms with Crippen LogP contribution in [0.4, 0.5) is 4.39 Å². The number of benzene rings is 1. The minimum Gasteiger partial charge on any atom is -0.322 e. The van der Waals surface area contributed by atoms with E-state index in [1.807, 2.05) is 22.6 Å². The lowest BCUT2D eigenvalue weighted by Gasteiger charge is -2.28. The molecular weight excluding hydrogens is 378 g/mol. The van der Waals surface area contributed by atoms with E-state index in [1.54, 1.807) is 12.1 Å². The van der Waals surface area contributed by atoms with E-state index in [2.05, 4.69) is 30.3 Å². The average Bonchev–Trinajstić information content (AvgIpc) is 2.68. The average molecular weight is 395 g/mol. The summed E-state index contributed by atoms with van der Waals surface area (Å²) in [6.45, 7) is 6.41. The van der Waals surface area contributed by atoms with Gasteiger partial charge in [0.2, 0.25) is 0 Å². The Balaban J connectivity index is 2.76. The molecule has 0 N–H and O–H groups in total. The summed E-state index contributed by atoms with van der Waals surface area (Å²) >= 11 is 7.86. The molecule has 1 aromatic carbocycles. The van der Waals surface area contributed by atoms with Crippen molar-refractivity contribution in [2.75, 3.05) is 5.88 Å². The standard InChI is InChI=1S/C14H17ClFIN2/c1-4-14(2,3)19-12-7-9(16)10(17)8-11(12)18-13(19)5-6-15/h7-8H,4-6H2,1-3H3. The number of alkyl halides is 1. The largest absolute Gasteiger partial charge is 0.322 e. The molecule has 0 atom stereocenters. The fourth-order valence-electron chi connectivity index (χ4n) is 2.21. The Morgan fingerprint density at radius 1 is 1.42 bits per heavy atom. The molecule has 2 rings (SSSR count). The number of nitrogens with zero attached hydrogens (tertiary/aromatic N) is 2. The van der Waals surface area contributed by atoms with E-state index in [0.29, 0.717) is 15.9 Å². The first kappa shape index (κ1) is 15.0. The SMILES string of the molecule is CCC(C)(C)n1c(CCCl)nc2cc(I)c(F)cc21. The van der Waals surface area contributed by atoms with Gasteiger partial charge in [0.25, 0.3) is 0 Å². The summed E-state index contributed by atoms with van der Waals surface area (Å²) in [7, 11) is 0. The Morgan fingerprint density at radius 3 is 2.68 bits per heavy atom. The van der Waals surface area contributed by atoms with Crippen molar-refractivity contribution in [2.24, 2.45) is 0 Å². The molecule has 2 aromatic rings. The molecule has 2 nitrogen and oxygen atoms in total. The lowest BCUT2D eigenvalue weighted by Crippen LogP contribution is -2.27. The van der Waals surface area contributed by atoms with Gasteiger partial charge in [-0.05, 0) is 48.9 Å². The summed E-state index contributed by atoms with van der Waals surface area (Å²) in [5.41, 5.74) is 1.59. The maximum absolute atomic E-state index is 13.8. The highest BCUT2D eigenvalue weighted by atomic mass is 127. The van der Waals surface area contributed by atoms with Gasteiger partial charge in [-0.25, -0.2) is 9.37 Å². The van der Waals surface area contributed by atoms with Gasteiger partial charge >= 0.3 is 0 Å². The normalized spacial score (nSPS) is 12.3. The smallest absolute Gasteiger partial charge is 0.138 e. The van der Waals surface area contributed by atoms with E-state index in [4.69, 9.17) is 11.6 Å². The highest BCUT2D eigenvalue weighted by Gasteiger charge is 2.24. The lowest BCUT2D eigenvalue weighted by atomic mass is 10.0. The van der Waals surface area contributed by atoms with Gasteiger partial charge in [-0.3, -0.25) is 0 Å². The Labute approximate surface area is 131 Å². The second-order valence-electron chi connectivity index (χ2n) is 5.22. The van der Waals surface area contributed by atoms with E-state index in [9.17, 15) is 4.39 Å². The quantitative estimate of drug-likeness (QED) is 0.542. The molecule has 0 radical (unpaired) electrons. The summed E-state index contributed by atoms with van der Waals surface area (Å²) in [6, 6.07) is 3.38. The van der Waals surface area contributed by atoms with Crippen molar-refractivity contribution in [3.63, 3.8) is 0 Å². The summed E-state index contributed by atoms with van der Waals surface area (Å²) < 4.78 is 16.6. The first-order chi connectivity index (χ1) is 8.90. The molecule has 5 heteroatoms. The van der Waals surface area contributed by atoms with E-state index < -0.39 is 0 Å². The molecule has 0 spiro atoms. The first-order valence-corrected chi connectivity index (χ1v) is 7.95. The number of fused-ring (bicyclic) bond motifs is 1. The molecule has 0 saturated carbocycles. The molecule has 19 heavy (non-hydrogen) atoms. The first-order valence-electron chi connectivity index (χ1n) is 6.33. The van der Waals surface area contributed by atoms with Gasteiger partial charge in [0.1, 0.15) is 11.6 Å². The lowest BCUT2D eigenvalue weighted by molar-refractivity contribution is 0.342. The zero-order valence-electron chi connectivity index (χ0n) is 11.3. The maximum Gasteiger partial charge on any atom is 0.138 e. The molecule has 0 aliphatic carbocycles. The van der Waals surface area contributed by atoms with Gasteiger partial charge in [0.15, 0.2) is 0 Å². The van der Waals surface area contributed by atoms with Crippen LogP contribution in [0, 0.1) is 9.39 Å². The molecule has 0 amide bonds. The van der Waals surface area contributed by atoms with Crippen molar-refractivity contribution in [3.8, 4) is 0 Å². The minimum absolute atomic E-state index is 0.102. The molecule has 104 valence electrons. The van der Waals surface area contributed by atoms with Crippen molar-refractivity contribution in [2.45, 2.75) is 39.2 Å². The Kier molecular flexibility index (Phi) is 4.40. The number of hydrogen-bond acceptors (Lipinski definition) is 1. The topological polar surface area (TPSA) is 17.8 Å². The third-order valence-electron chi connectivity index (χ3n) is 3.55. The Bertz CT molecular complexity index is 607. The van der Waals surface area contributed by atoms with Crippen LogP contribution in [-0.4, -0.2) is 15.4 Å². The highest BCUT2D eigenvalue weighted by molar-refractivity contribution is 14.1. The Morgan fingerprint density at radius 2 is 2.11 bits per heavy atom. The summed E-state index contributed by atoms with van der Waals surface area (Å²) in [4.78, 5) is 4.63. The highest BCUT2D eigenvalue weighted by Crippen LogP contribution is 2.30. The predicted octanol–water partition coefficient (Wildman–Crippen LogP) is 4.71. The van der Waals surface area contributed by atoms with Gasteiger partial charge < -0.3 is 4.57 Å². The van der Waals surface area contributed by atoms with Gasteiger partial charge in [0, 0.05) is 23.9 Å². The van der Waals surface area contributed by atoms with Gasteiger partial charge in [-0.1, -0.05) is 6.92 Å². The third-order valence-corrected chi connectivity index (χ3v) is 4.57. The molecule has 0 fully saturated rings. The summed E-state index contributed by atoms with van der Waals surface area (Å²) in [6.07, 6.45) is 1.64. The molecule has 0 bridgehead atoms. The van der Waals surface area contributed by atoms with Crippen molar-refractivity contribution in [1.82, 2.24) is 9.55 Å². The number of imidazole rings is 1. The van der Waals surface area contributed by atoms with Crippen LogP contribution in [0.2, 0.25) is 0 Å². The van der Waals surface area contributed by atoms with Crippen LogP contribution in [0.5, 0.6) is 0 Å². The van der Waals surface area contributed by atoms with E-state index in [-0.39, 0.29) is 11.4 Å². The van der Waals surface area contributed by atoms with Crippen LogP contribution in [0.3, 0.4) is 0 Å². The Hall–Kier alpha value is -0.360. The molecular formula is C14H17ClFIN2. The maximum atomic E-state index is 13.8. The number of aromatic nitrogens is 2. The second kappa shape index (κ2) is 5.56. The molecule has 0 aliphatic rings. The van der Waals surface area contributed by atoms with Crippen LogP contribution in [0.15, 0.2) is 12.1 Å². The van der Waals surface area contributed by atoms with Gasteiger partial charge in [-0.15, -0.1) is 11.6 Å². The van der Waals surface area contributed by atoms with Crippen LogP contribution in [0.1, 0.15) is 33.0 Å². The number of aryl methyl sites for hydroxylation is 1. The summed E-state index contributed by atoms with van der Waals surface area (Å²) in [5, 5.41) is 0. The molecule has 1 heterocycles. The molecule has 0 aliphatic heterocycles. The molecule has 1 aromatic heterocycles. The van der Waals surface area contributed by atoms with Gasteiger partial charge in [-0.2, -0.15) is 0 Å². The van der Waals surface area contributed by atoms with Crippen LogP contribution in [0.25, 0.3) is 11.0 Å². The zero-order chi connectivity index (χ0) is 14.2. The summed E-state index contributed by atoms with van der Waals surface area (Å²) in [5.74, 6) is 1.25. The van der Waals surface area contributed by atoms with Gasteiger partial charge in [0.05, 0.1) is 14.6 Å². The predicted molar refractivity (Wildman–Crippen MR) is 86.4 cm³/mol. The van der Waals surface area contributed by atoms with Crippen molar-refractivity contribution >= 4 is 45.2 Å². The monoisotopic (exact) mass is 394 g/mol. The molecule has 0 saturated heterocycles. The second-order valence-corrected chi connectivity index (χ2v) is 6.76. The van der Waals surface area contributed by atoms with Crippen molar-refractivity contribution in [1.29, 1.82) is 0 Å². The zero-order valence-corrected chi connectivity index (χ0v) is 14.2. The van der Waals surface area contributed by atoms with Crippen LogP contribution < -0.4 is 0 Å². The molecule has 0 unspecified atom stereocenters. The number of halogens is 3. The van der Waals surface area contributed by atoms with E-state index >= 15 is 0 Å². The van der Waals surface area contributed by atoms with E-state index in [1.165, 1.54) is 0 Å². The minimum atomic E-state index is -0.196. The van der Waals surface area contributed by atoms with Crippen molar-refractivity contribution in [3.05, 3.63) is 27.3 Å². The third kappa shape index (κ3) is 2.75.